The Morgan fingerprint density at radius 1 is 1.21 bits per heavy atom. The van der Waals surface area contributed by atoms with Gasteiger partial charge in [0.1, 0.15) is 0 Å². The molecule has 4 heteroatoms. The fourth-order valence-corrected chi connectivity index (χ4v) is 4.43. The molecule has 1 heterocycles. The average molecular weight is 279 g/mol. The molecule has 3 nitrogen and oxygen atoms in total. The molecule has 2 rings (SSSR count). The van der Waals surface area contributed by atoms with Crippen molar-refractivity contribution in [2.24, 2.45) is 5.41 Å². The van der Waals surface area contributed by atoms with Gasteiger partial charge in [-0.1, -0.05) is 44.5 Å². The predicted octanol–water partition coefficient (Wildman–Crippen LogP) is 2.97. The lowest BCUT2D eigenvalue weighted by atomic mass is 9.90. The van der Waals surface area contributed by atoms with Crippen LogP contribution in [0, 0.1) is 12.3 Å². The van der Waals surface area contributed by atoms with Gasteiger partial charge in [-0.15, -0.1) is 6.58 Å². The maximum atomic E-state index is 12.6. The number of rotatable bonds is 3. The number of nitrogens with zero attached hydrogens (tertiary/aromatic N) is 1. The Labute approximate surface area is 116 Å². The number of hydrogen-bond acceptors (Lipinski definition) is 2. The van der Waals surface area contributed by atoms with Crippen molar-refractivity contribution in [1.82, 2.24) is 4.31 Å². The molecule has 1 saturated heterocycles. The highest BCUT2D eigenvalue weighted by molar-refractivity contribution is 7.89. The van der Waals surface area contributed by atoms with Crippen molar-refractivity contribution in [3.8, 4) is 0 Å². The normalized spacial score (nSPS) is 27.1. The van der Waals surface area contributed by atoms with E-state index in [4.69, 9.17) is 0 Å². The minimum atomic E-state index is -3.41. The van der Waals surface area contributed by atoms with Gasteiger partial charge in [0.2, 0.25) is 10.0 Å². The first-order valence-corrected chi connectivity index (χ1v) is 7.86. The monoisotopic (exact) mass is 279 g/mol. The van der Waals surface area contributed by atoms with Gasteiger partial charge in [-0.25, -0.2) is 8.42 Å². The second-order valence-corrected chi connectivity index (χ2v) is 8.03. The van der Waals surface area contributed by atoms with Crippen LogP contribution in [0.15, 0.2) is 41.8 Å². The molecule has 3 atom stereocenters. The van der Waals surface area contributed by atoms with Crippen molar-refractivity contribution >= 4 is 10.0 Å². The Kier molecular flexibility index (Phi) is 3.35. The molecule has 0 amide bonds. The summed E-state index contributed by atoms with van der Waals surface area (Å²) in [6, 6.07) is 6.89. The molecule has 1 fully saturated rings. The maximum absolute atomic E-state index is 12.6. The molecular weight excluding hydrogens is 258 g/mol. The van der Waals surface area contributed by atoms with Crippen LogP contribution in [0.4, 0.5) is 0 Å². The lowest BCUT2D eigenvalue weighted by Crippen LogP contribution is -2.23. The van der Waals surface area contributed by atoms with E-state index in [-0.39, 0.29) is 17.5 Å². The second kappa shape index (κ2) is 4.46. The molecule has 0 aliphatic carbocycles. The van der Waals surface area contributed by atoms with Crippen LogP contribution >= 0.6 is 0 Å². The SMILES string of the molecule is C=C[C@@H]1[C@@H](C(C)(C)C)N1S(=O)(=O)c1ccc(C)cc1. The molecule has 1 unspecified atom stereocenters. The third-order valence-electron chi connectivity index (χ3n) is 3.53. The third-order valence-corrected chi connectivity index (χ3v) is 5.42. The molecule has 0 saturated carbocycles. The molecule has 1 aliphatic heterocycles. The highest BCUT2D eigenvalue weighted by Gasteiger charge is 2.58. The van der Waals surface area contributed by atoms with Gasteiger partial charge in [-0.05, 0) is 24.5 Å². The molecule has 0 spiro atoms. The standard InChI is InChI=1S/C15H21NO2S/c1-6-13-14(15(3,4)5)16(13)19(17,18)12-9-7-11(2)8-10-12/h6-10,13-14H,1H2,2-5H3/t13-,14+,16?/m1/s1. The average Bonchev–Trinajstić information content (AvgIpc) is 3.04. The number of aryl methyl sites for hydroxylation is 1. The zero-order valence-corrected chi connectivity index (χ0v) is 12.7. The van der Waals surface area contributed by atoms with Crippen molar-refractivity contribution in [3.05, 3.63) is 42.5 Å². The molecule has 0 N–H and O–H groups in total. The van der Waals surface area contributed by atoms with Crippen molar-refractivity contribution in [2.45, 2.75) is 44.7 Å². The van der Waals surface area contributed by atoms with E-state index in [1.54, 1.807) is 22.5 Å². The van der Waals surface area contributed by atoms with Crippen LogP contribution in [0.2, 0.25) is 0 Å². The van der Waals surface area contributed by atoms with Crippen LogP contribution in [0.5, 0.6) is 0 Å². The summed E-state index contributed by atoms with van der Waals surface area (Å²) < 4.78 is 26.8. The highest BCUT2D eigenvalue weighted by Crippen LogP contribution is 2.46. The van der Waals surface area contributed by atoms with Gasteiger partial charge in [0.05, 0.1) is 17.0 Å². The summed E-state index contributed by atoms with van der Waals surface area (Å²) in [6.45, 7) is 11.9. The maximum Gasteiger partial charge on any atom is 0.244 e. The molecular formula is C15H21NO2S. The Morgan fingerprint density at radius 2 is 1.74 bits per heavy atom. The summed E-state index contributed by atoms with van der Waals surface area (Å²) in [7, 11) is -3.41. The molecule has 1 aromatic rings. The van der Waals surface area contributed by atoms with Crippen LogP contribution in [0.25, 0.3) is 0 Å². The van der Waals surface area contributed by atoms with E-state index in [1.165, 1.54) is 0 Å². The second-order valence-electron chi connectivity index (χ2n) is 6.19. The van der Waals surface area contributed by atoms with Crippen LogP contribution < -0.4 is 0 Å². The Bertz CT molecular complexity index is 582. The fraction of sp³-hybridized carbons (Fsp3) is 0.467. The number of sulfonamides is 1. The van der Waals surface area contributed by atoms with E-state index < -0.39 is 10.0 Å². The molecule has 0 radical (unpaired) electrons. The minimum absolute atomic E-state index is 0.00342. The predicted molar refractivity (Wildman–Crippen MR) is 77.4 cm³/mol. The fourth-order valence-electron chi connectivity index (χ4n) is 2.50. The van der Waals surface area contributed by atoms with Crippen LogP contribution in [0.1, 0.15) is 26.3 Å². The Balaban J connectivity index is 2.36. The summed E-state index contributed by atoms with van der Waals surface area (Å²) in [5.74, 6) is 0. The minimum Gasteiger partial charge on any atom is -0.207 e. The first kappa shape index (κ1) is 14.3. The highest BCUT2D eigenvalue weighted by atomic mass is 32.2. The van der Waals surface area contributed by atoms with Crippen LogP contribution in [-0.4, -0.2) is 24.8 Å². The summed E-state index contributed by atoms with van der Waals surface area (Å²) in [6.07, 6.45) is 1.72. The van der Waals surface area contributed by atoms with E-state index >= 15 is 0 Å². The smallest absolute Gasteiger partial charge is 0.207 e. The van der Waals surface area contributed by atoms with E-state index in [0.29, 0.717) is 4.90 Å². The summed E-state index contributed by atoms with van der Waals surface area (Å²) in [5.41, 5.74) is 0.966. The molecule has 0 bridgehead atoms. The van der Waals surface area contributed by atoms with E-state index in [0.717, 1.165) is 5.56 Å². The summed E-state index contributed by atoms with van der Waals surface area (Å²) >= 11 is 0. The van der Waals surface area contributed by atoms with Crippen LogP contribution in [-0.2, 0) is 10.0 Å². The van der Waals surface area contributed by atoms with E-state index in [9.17, 15) is 8.42 Å². The molecule has 19 heavy (non-hydrogen) atoms. The number of benzene rings is 1. The zero-order valence-electron chi connectivity index (χ0n) is 11.9. The quantitative estimate of drug-likeness (QED) is 0.630. The number of hydrogen-bond donors (Lipinski definition) is 0. The van der Waals surface area contributed by atoms with Gasteiger partial charge in [-0.2, -0.15) is 4.31 Å². The molecule has 1 aromatic carbocycles. The first-order valence-electron chi connectivity index (χ1n) is 6.42. The van der Waals surface area contributed by atoms with Gasteiger partial charge in [-0.3, -0.25) is 0 Å². The van der Waals surface area contributed by atoms with Gasteiger partial charge in [0, 0.05) is 0 Å². The van der Waals surface area contributed by atoms with E-state index in [1.807, 2.05) is 19.1 Å². The first-order chi connectivity index (χ1) is 8.69. The van der Waals surface area contributed by atoms with Crippen molar-refractivity contribution in [3.63, 3.8) is 0 Å². The van der Waals surface area contributed by atoms with Gasteiger partial charge in [0.25, 0.3) is 0 Å². The lowest BCUT2D eigenvalue weighted by molar-refractivity contribution is 0.369. The summed E-state index contributed by atoms with van der Waals surface area (Å²) in [5, 5.41) is 0. The third kappa shape index (κ3) is 2.47. The zero-order chi connectivity index (χ0) is 14.4. The Morgan fingerprint density at radius 3 is 2.11 bits per heavy atom. The topological polar surface area (TPSA) is 37.1 Å². The van der Waals surface area contributed by atoms with Crippen molar-refractivity contribution in [2.75, 3.05) is 0 Å². The molecule has 1 aliphatic rings. The Hall–Kier alpha value is -1.13. The lowest BCUT2D eigenvalue weighted by Gasteiger charge is -2.18. The molecule has 0 aromatic heterocycles. The van der Waals surface area contributed by atoms with Gasteiger partial charge in [0.15, 0.2) is 0 Å². The van der Waals surface area contributed by atoms with Crippen molar-refractivity contribution < 1.29 is 8.42 Å². The summed E-state index contributed by atoms with van der Waals surface area (Å²) in [4.78, 5) is 0.358. The van der Waals surface area contributed by atoms with Gasteiger partial charge >= 0.3 is 0 Å². The molecule has 104 valence electrons. The van der Waals surface area contributed by atoms with Crippen molar-refractivity contribution in [1.29, 1.82) is 0 Å². The van der Waals surface area contributed by atoms with Crippen LogP contribution in [0.3, 0.4) is 0 Å². The van der Waals surface area contributed by atoms with E-state index in [2.05, 4.69) is 27.4 Å². The van der Waals surface area contributed by atoms with Gasteiger partial charge < -0.3 is 0 Å². The largest absolute Gasteiger partial charge is 0.244 e.